The van der Waals surface area contributed by atoms with E-state index in [2.05, 4.69) is 20.8 Å². The molecule has 0 fully saturated rings. The molecule has 0 amide bonds. The summed E-state index contributed by atoms with van der Waals surface area (Å²) in [5.74, 6) is 0.516. The maximum atomic E-state index is 9.51. The first-order valence-corrected chi connectivity index (χ1v) is 6.50. The van der Waals surface area contributed by atoms with Crippen LogP contribution in [0.4, 0.5) is 0 Å². The monoisotopic (exact) mass is 232 g/mol. The summed E-state index contributed by atoms with van der Waals surface area (Å²) in [6.45, 7) is 8.61. The van der Waals surface area contributed by atoms with Crippen molar-refractivity contribution < 1.29 is 14.6 Å². The van der Waals surface area contributed by atoms with E-state index in [0.717, 1.165) is 13.0 Å². The third-order valence-electron chi connectivity index (χ3n) is 2.21. The van der Waals surface area contributed by atoms with Crippen LogP contribution in [0.1, 0.15) is 46.5 Å². The van der Waals surface area contributed by atoms with E-state index in [0.29, 0.717) is 25.7 Å². The molecule has 0 spiro atoms. The van der Waals surface area contributed by atoms with E-state index in [1.54, 1.807) is 0 Å². The Kier molecular flexibility index (Phi) is 11.3. The Balaban J connectivity index is 3.14. The van der Waals surface area contributed by atoms with Crippen LogP contribution in [0.2, 0.25) is 0 Å². The van der Waals surface area contributed by atoms with Crippen molar-refractivity contribution in [1.82, 2.24) is 0 Å². The second-order valence-electron chi connectivity index (χ2n) is 4.72. The first-order valence-electron chi connectivity index (χ1n) is 6.50. The molecular formula is C13H28O3. The molecule has 3 nitrogen and oxygen atoms in total. The Morgan fingerprint density at radius 1 is 0.938 bits per heavy atom. The van der Waals surface area contributed by atoms with Crippen molar-refractivity contribution in [2.24, 2.45) is 5.92 Å². The largest absolute Gasteiger partial charge is 0.388 e. The van der Waals surface area contributed by atoms with Crippen LogP contribution in [0.3, 0.4) is 0 Å². The molecular weight excluding hydrogens is 204 g/mol. The van der Waals surface area contributed by atoms with E-state index in [-0.39, 0.29) is 0 Å². The number of hydrogen-bond donors (Lipinski definition) is 1. The first-order chi connectivity index (χ1) is 7.66. The van der Waals surface area contributed by atoms with Crippen LogP contribution in [0.5, 0.6) is 0 Å². The van der Waals surface area contributed by atoms with Gasteiger partial charge >= 0.3 is 0 Å². The van der Waals surface area contributed by atoms with Crippen LogP contribution >= 0.6 is 0 Å². The topological polar surface area (TPSA) is 38.7 Å². The molecule has 0 aromatic heterocycles. The number of hydrogen-bond acceptors (Lipinski definition) is 3. The molecule has 0 saturated carbocycles. The fourth-order valence-corrected chi connectivity index (χ4v) is 1.34. The van der Waals surface area contributed by atoms with E-state index in [1.165, 1.54) is 19.3 Å². The van der Waals surface area contributed by atoms with Crippen molar-refractivity contribution in [2.75, 3.05) is 26.4 Å². The maximum absolute atomic E-state index is 9.51. The Morgan fingerprint density at radius 3 is 2.25 bits per heavy atom. The molecule has 0 aromatic carbocycles. The van der Waals surface area contributed by atoms with E-state index in [9.17, 15) is 5.11 Å². The molecule has 0 heterocycles. The zero-order valence-corrected chi connectivity index (χ0v) is 11.1. The summed E-state index contributed by atoms with van der Waals surface area (Å²) in [6.07, 6.45) is 4.34. The van der Waals surface area contributed by atoms with Crippen LogP contribution < -0.4 is 0 Å². The minimum absolute atomic E-state index is 0.382. The third-order valence-corrected chi connectivity index (χ3v) is 2.21. The Labute approximate surface area is 100 Å². The lowest BCUT2D eigenvalue weighted by Gasteiger charge is -2.12. The molecule has 0 saturated heterocycles. The van der Waals surface area contributed by atoms with Gasteiger partial charge in [-0.25, -0.2) is 0 Å². The molecule has 1 unspecified atom stereocenters. The van der Waals surface area contributed by atoms with Gasteiger partial charge in [0.05, 0.1) is 13.2 Å². The van der Waals surface area contributed by atoms with Crippen LogP contribution in [0, 0.1) is 5.92 Å². The summed E-state index contributed by atoms with van der Waals surface area (Å²) in [6, 6.07) is 0. The molecule has 0 bridgehead atoms. The van der Waals surface area contributed by atoms with Crippen molar-refractivity contribution in [2.45, 2.75) is 52.6 Å². The zero-order valence-electron chi connectivity index (χ0n) is 11.1. The van der Waals surface area contributed by atoms with E-state index >= 15 is 0 Å². The van der Waals surface area contributed by atoms with Crippen molar-refractivity contribution in [3.8, 4) is 0 Å². The Hall–Kier alpha value is -0.120. The molecule has 0 aliphatic carbocycles. The molecule has 0 aliphatic heterocycles. The highest BCUT2D eigenvalue weighted by Crippen LogP contribution is 2.00. The summed E-state index contributed by atoms with van der Waals surface area (Å²) < 4.78 is 10.7. The van der Waals surface area contributed by atoms with Crippen molar-refractivity contribution in [3.63, 3.8) is 0 Å². The van der Waals surface area contributed by atoms with E-state index in [1.807, 2.05) is 0 Å². The average molecular weight is 232 g/mol. The van der Waals surface area contributed by atoms with Crippen molar-refractivity contribution in [1.29, 1.82) is 0 Å². The lowest BCUT2D eigenvalue weighted by Crippen LogP contribution is -2.23. The van der Waals surface area contributed by atoms with E-state index < -0.39 is 6.10 Å². The molecule has 1 N–H and O–H groups in total. The van der Waals surface area contributed by atoms with Gasteiger partial charge in [-0.2, -0.15) is 0 Å². The standard InChI is InChI=1S/C13H28O3/c1-4-5-6-7-8-15-10-13(14)11-16-9-12(2)3/h12-14H,4-11H2,1-3H3. The van der Waals surface area contributed by atoms with Crippen molar-refractivity contribution >= 4 is 0 Å². The number of unbranched alkanes of at least 4 members (excludes halogenated alkanes) is 3. The van der Waals surface area contributed by atoms with Gasteiger partial charge in [0.2, 0.25) is 0 Å². The van der Waals surface area contributed by atoms with Crippen LogP contribution in [0.25, 0.3) is 0 Å². The van der Waals surface area contributed by atoms with Crippen LogP contribution in [0.15, 0.2) is 0 Å². The highest BCUT2D eigenvalue weighted by Gasteiger charge is 2.04. The number of aliphatic hydroxyl groups is 1. The quantitative estimate of drug-likeness (QED) is 0.557. The summed E-state index contributed by atoms with van der Waals surface area (Å²) in [5.41, 5.74) is 0. The third kappa shape index (κ3) is 12.0. The minimum Gasteiger partial charge on any atom is -0.388 e. The van der Waals surface area contributed by atoms with Gasteiger partial charge < -0.3 is 14.6 Å². The normalized spacial score (nSPS) is 13.3. The summed E-state index contributed by atoms with van der Waals surface area (Å²) in [7, 11) is 0. The first kappa shape index (κ1) is 15.9. The Morgan fingerprint density at radius 2 is 1.62 bits per heavy atom. The molecule has 0 aromatic rings. The van der Waals surface area contributed by atoms with Crippen molar-refractivity contribution in [3.05, 3.63) is 0 Å². The van der Waals surface area contributed by atoms with Gasteiger partial charge in [-0.1, -0.05) is 40.0 Å². The van der Waals surface area contributed by atoms with Gasteiger partial charge in [0.1, 0.15) is 6.10 Å². The zero-order chi connectivity index (χ0) is 12.2. The molecule has 3 heteroatoms. The van der Waals surface area contributed by atoms with Gasteiger partial charge in [-0.15, -0.1) is 0 Å². The van der Waals surface area contributed by atoms with Gasteiger partial charge in [0.15, 0.2) is 0 Å². The minimum atomic E-state index is -0.482. The molecule has 0 rings (SSSR count). The average Bonchev–Trinajstić information content (AvgIpc) is 2.22. The van der Waals surface area contributed by atoms with Gasteiger partial charge in [-0.3, -0.25) is 0 Å². The molecule has 98 valence electrons. The van der Waals surface area contributed by atoms with Crippen LogP contribution in [-0.4, -0.2) is 37.6 Å². The summed E-state index contributed by atoms with van der Waals surface area (Å²) >= 11 is 0. The van der Waals surface area contributed by atoms with Gasteiger partial charge in [-0.05, 0) is 12.3 Å². The fourth-order valence-electron chi connectivity index (χ4n) is 1.34. The smallest absolute Gasteiger partial charge is 0.101 e. The molecule has 1 atom stereocenters. The fraction of sp³-hybridized carbons (Fsp3) is 1.00. The lowest BCUT2D eigenvalue weighted by molar-refractivity contribution is -0.0245. The summed E-state index contributed by atoms with van der Waals surface area (Å²) in [4.78, 5) is 0. The second kappa shape index (κ2) is 11.4. The number of aliphatic hydroxyl groups excluding tert-OH is 1. The number of ether oxygens (including phenoxy) is 2. The van der Waals surface area contributed by atoms with Gasteiger partial charge in [0, 0.05) is 13.2 Å². The highest BCUT2D eigenvalue weighted by atomic mass is 16.5. The SMILES string of the molecule is CCCCCCOCC(O)COCC(C)C. The van der Waals surface area contributed by atoms with E-state index in [4.69, 9.17) is 9.47 Å². The predicted molar refractivity (Wildman–Crippen MR) is 66.6 cm³/mol. The van der Waals surface area contributed by atoms with Crippen LogP contribution in [-0.2, 0) is 9.47 Å². The Bertz CT molecular complexity index is 137. The lowest BCUT2D eigenvalue weighted by atomic mass is 10.2. The maximum Gasteiger partial charge on any atom is 0.101 e. The molecule has 0 aliphatic rings. The highest BCUT2D eigenvalue weighted by molar-refractivity contribution is 4.52. The number of rotatable bonds is 11. The molecule has 16 heavy (non-hydrogen) atoms. The predicted octanol–water partition coefficient (Wildman–Crippen LogP) is 2.62. The summed E-state index contributed by atoms with van der Waals surface area (Å²) in [5, 5.41) is 9.51. The molecule has 0 radical (unpaired) electrons. The van der Waals surface area contributed by atoms with Gasteiger partial charge in [0.25, 0.3) is 0 Å². The second-order valence-corrected chi connectivity index (χ2v) is 4.72.